The summed E-state index contributed by atoms with van der Waals surface area (Å²) in [4.78, 5) is 31.2. The molecule has 1 aliphatic carbocycles. The molecule has 4 rings (SSSR count). The molecule has 0 unspecified atom stereocenters. The Labute approximate surface area is 178 Å². The number of nitrogens with one attached hydrogen (secondary N) is 1. The Morgan fingerprint density at radius 1 is 1.10 bits per heavy atom. The SMILES string of the molecule is Cc1cccc(C(=O)N[C@@]2(C(F)(F)F)N=C(c3ccccc3)N(C3CCCC3)C2=O)c1. The highest BCUT2D eigenvalue weighted by Crippen LogP contribution is 2.41. The fourth-order valence-corrected chi connectivity index (χ4v) is 4.18. The fourth-order valence-electron chi connectivity index (χ4n) is 4.18. The number of hydrogen-bond acceptors (Lipinski definition) is 3. The number of hydrogen-bond donors (Lipinski definition) is 1. The van der Waals surface area contributed by atoms with Gasteiger partial charge in [-0.1, -0.05) is 60.9 Å². The van der Waals surface area contributed by atoms with Crippen LogP contribution in [0.15, 0.2) is 59.6 Å². The van der Waals surface area contributed by atoms with E-state index in [2.05, 4.69) is 4.99 Å². The van der Waals surface area contributed by atoms with Gasteiger partial charge in [0.05, 0.1) is 0 Å². The van der Waals surface area contributed by atoms with Crippen molar-refractivity contribution in [2.24, 2.45) is 4.99 Å². The molecule has 2 amide bonds. The first-order valence-corrected chi connectivity index (χ1v) is 10.2. The molecule has 1 heterocycles. The second kappa shape index (κ2) is 7.83. The van der Waals surface area contributed by atoms with Crippen LogP contribution in [0.25, 0.3) is 0 Å². The van der Waals surface area contributed by atoms with Gasteiger partial charge in [0.25, 0.3) is 11.8 Å². The lowest BCUT2D eigenvalue weighted by atomic mass is 10.1. The fraction of sp³-hybridized carbons (Fsp3) is 0.348. The third kappa shape index (κ3) is 3.71. The summed E-state index contributed by atoms with van der Waals surface area (Å²) in [6.45, 7) is 1.73. The van der Waals surface area contributed by atoms with Gasteiger partial charge in [0.2, 0.25) is 0 Å². The maximum Gasteiger partial charge on any atom is 0.442 e. The van der Waals surface area contributed by atoms with E-state index in [1.165, 1.54) is 12.1 Å². The number of nitrogens with zero attached hydrogens (tertiary/aromatic N) is 2. The number of aryl methyl sites for hydroxylation is 1. The van der Waals surface area contributed by atoms with E-state index < -0.39 is 23.7 Å². The third-order valence-electron chi connectivity index (χ3n) is 5.74. The Morgan fingerprint density at radius 3 is 2.39 bits per heavy atom. The van der Waals surface area contributed by atoms with Crippen LogP contribution < -0.4 is 5.32 Å². The van der Waals surface area contributed by atoms with Gasteiger partial charge in [-0.15, -0.1) is 0 Å². The summed E-state index contributed by atoms with van der Waals surface area (Å²) in [5.41, 5.74) is -2.21. The number of amidine groups is 1. The zero-order chi connectivity index (χ0) is 22.2. The normalized spacial score (nSPS) is 22.0. The predicted octanol–water partition coefficient (Wildman–Crippen LogP) is 4.22. The molecule has 2 aromatic carbocycles. The minimum absolute atomic E-state index is 0.0344. The van der Waals surface area contributed by atoms with E-state index in [4.69, 9.17) is 0 Å². The van der Waals surface area contributed by atoms with Gasteiger partial charge in [0, 0.05) is 17.2 Å². The molecule has 2 aliphatic rings. The molecule has 0 radical (unpaired) electrons. The van der Waals surface area contributed by atoms with E-state index in [1.807, 2.05) is 5.32 Å². The Morgan fingerprint density at radius 2 is 1.77 bits per heavy atom. The zero-order valence-electron chi connectivity index (χ0n) is 16.9. The minimum Gasteiger partial charge on any atom is -0.312 e. The second-order valence-corrected chi connectivity index (χ2v) is 7.95. The van der Waals surface area contributed by atoms with E-state index in [0.717, 1.165) is 17.7 Å². The highest BCUT2D eigenvalue weighted by molar-refractivity contribution is 6.17. The van der Waals surface area contributed by atoms with Gasteiger partial charge < -0.3 is 5.32 Å². The van der Waals surface area contributed by atoms with Gasteiger partial charge >= 0.3 is 11.8 Å². The van der Waals surface area contributed by atoms with Crippen LogP contribution in [0.2, 0.25) is 0 Å². The molecule has 1 N–H and O–H groups in total. The van der Waals surface area contributed by atoms with Gasteiger partial charge in [0.1, 0.15) is 5.84 Å². The van der Waals surface area contributed by atoms with Gasteiger partial charge in [-0.3, -0.25) is 14.5 Å². The van der Waals surface area contributed by atoms with Crippen LogP contribution in [0.5, 0.6) is 0 Å². The molecule has 1 atom stereocenters. The van der Waals surface area contributed by atoms with Crippen molar-refractivity contribution in [1.82, 2.24) is 10.2 Å². The monoisotopic (exact) mass is 429 g/mol. The summed E-state index contributed by atoms with van der Waals surface area (Å²) >= 11 is 0. The van der Waals surface area contributed by atoms with Crippen molar-refractivity contribution in [2.45, 2.75) is 50.5 Å². The molecular formula is C23H22F3N3O2. The van der Waals surface area contributed by atoms with Crippen LogP contribution in [-0.4, -0.2) is 40.4 Å². The molecular weight excluding hydrogens is 407 g/mol. The number of amides is 2. The molecule has 2 aromatic rings. The largest absolute Gasteiger partial charge is 0.442 e. The van der Waals surface area contributed by atoms with Crippen LogP contribution in [0.3, 0.4) is 0 Å². The average molecular weight is 429 g/mol. The van der Waals surface area contributed by atoms with Gasteiger partial charge in [-0.05, 0) is 31.9 Å². The van der Waals surface area contributed by atoms with Crippen molar-refractivity contribution in [3.63, 3.8) is 0 Å². The summed E-state index contributed by atoms with van der Waals surface area (Å²) in [6, 6.07) is 14.1. The average Bonchev–Trinajstić information content (AvgIpc) is 3.35. The first-order valence-electron chi connectivity index (χ1n) is 10.2. The lowest BCUT2D eigenvalue weighted by Crippen LogP contribution is -2.64. The Bertz CT molecular complexity index is 1030. The Hall–Kier alpha value is -3.16. The van der Waals surface area contributed by atoms with Crippen LogP contribution >= 0.6 is 0 Å². The van der Waals surface area contributed by atoms with E-state index >= 15 is 0 Å². The molecule has 0 bridgehead atoms. The Balaban J connectivity index is 1.81. The molecule has 0 spiro atoms. The first-order chi connectivity index (χ1) is 14.7. The van der Waals surface area contributed by atoms with Crippen molar-refractivity contribution in [3.05, 3.63) is 71.3 Å². The first kappa shape index (κ1) is 21.1. The van der Waals surface area contributed by atoms with Crippen molar-refractivity contribution in [3.8, 4) is 0 Å². The number of rotatable bonds is 4. The molecule has 1 fully saturated rings. The van der Waals surface area contributed by atoms with Gasteiger partial charge in [-0.2, -0.15) is 13.2 Å². The predicted molar refractivity (Wildman–Crippen MR) is 110 cm³/mol. The molecule has 162 valence electrons. The van der Waals surface area contributed by atoms with E-state index in [1.54, 1.807) is 49.4 Å². The molecule has 5 nitrogen and oxygen atoms in total. The number of carbonyl (C=O) groups is 2. The quantitative estimate of drug-likeness (QED) is 0.791. The number of carbonyl (C=O) groups excluding carboxylic acids is 2. The number of aliphatic imine (C=N–C) groups is 1. The number of benzene rings is 2. The third-order valence-corrected chi connectivity index (χ3v) is 5.74. The van der Waals surface area contributed by atoms with Crippen molar-refractivity contribution < 1.29 is 22.8 Å². The summed E-state index contributed by atoms with van der Waals surface area (Å²) in [5, 5.41) is 1.94. The molecule has 0 saturated heterocycles. The van der Waals surface area contributed by atoms with Crippen LogP contribution in [0, 0.1) is 6.92 Å². The summed E-state index contributed by atoms with van der Waals surface area (Å²) in [5.74, 6) is -2.31. The molecule has 1 aliphatic heterocycles. The topological polar surface area (TPSA) is 61.8 Å². The van der Waals surface area contributed by atoms with Gasteiger partial charge in [-0.25, -0.2) is 4.99 Å². The summed E-state index contributed by atoms with van der Waals surface area (Å²) in [6.07, 6.45) is -2.28. The highest BCUT2D eigenvalue weighted by atomic mass is 19.4. The number of alkyl halides is 3. The Kier molecular flexibility index (Phi) is 5.33. The van der Waals surface area contributed by atoms with E-state index in [9.17, 15) is 22.8 Å². The van der Waals surface area contributed by atoms with E-state index in [0.29, 0.717) is 24.0 Å². The van der Waals surface area contributed by atoms with Crippen molar-refractivity contribution in [1.29, 1.82) is 0 Å². The lowest BCUT2D eigenvalue weighted by Gasteiger charge is -2.31. The molecule has 8 heteroatoms. The zero-order valence-corrected chi connectivity index (χ0v) is 16.9. The van der Waals surface area contributed by atoms with Crippen molar-refractivity contribution >= 4 is 17.6 Å². The minimum atomic E-state index is -5.11. The molecule has 1 saturated carbocycles. The molecule has 0 aromatic heterocycles. The second-order valence-electron chi connectivity index (χ2n) is 7.95. The summed E-state index contributed by atoms with van der Waals surface area (Å²) < 4.78 is 43.2. The van der Waals surface area contributed by atoms with Crippen LogP contribution in [0.4, 0.5) is 13.2 Å². The van der Waals surface area contributed by atoms with E-state index in [-0.39, 0.29) is 17.4 Å². The van der Waals surface area contributed by atoms with Gasteiger partial charge in [0.15, 0.2) is 0 Å². The lowest BCUT2D eigenvalue weighted by molar-refractivity contribution is -0.196. The standard InChI is InChI=1S/C23H22F3N3O2/c1-15-8-7-11-17(14-15)20(30)28-22(23(24,25)26)21(31)29(18-12-5-6-13-18)19(27-22)16-9-3-2-4-10-16/h2-4,7-11,14,18H,5-6,12-13H2,1H3,(H,28,30)/t22-/m0/s1. The van der Waals surface area contributed by atoms with Crippen molar-refractivity contribution in [2.75, 3.05) is 0 Å². The maximum absolute atomic E-state index is 14.4. The van der Waals surface area contributed by atoms with Crippen LogP contribution in [0.1, 0.15) is 47.2 Å². The molecule has 31 heavy (non-hydrogen) atoms. The highest BCUT2D eigenvalue weighted by Gasteiger charge is 2.68. The summed E-state index contributed by atoms with van der Waals surface area (Å²) in [7, 11) is 0. The number of halogens is 3. The van der Waals surface area contributed by atoms with Crippen LogP contribution in [-0.2, 0) is 4.79 Å². The maximum atomic E-state index is 14.4. The smallest absolute Gasteiger partial charge is 0.312 e.